The zero-order chi connectivity index (χ0) is 30.4. The van der Waals surface area contributed by atoms with Gasteiger partial charge in [-0.1, -0.05) is 12.1 Å². The van der Waals surface area contributed by atoms with Gasteiger partial charge in [-0.25, -0.2) is 4.79 Å². The molecule has 0 N–H and O–H groups in total. The van der Waals surface area contributed by atoms with Crippen LogP contribution in [0, 0.1) is 0 Å². The minimum absolute atomic E-state index is 0.116. The molecule has 0 aromatic heterocycles. The van der Waals surface area contributed by atoms with Crippen LogP contribution >= 0.6 is 0 Å². The number of likely N-dealkylation sites (tertiary alicyclic amines) is 1. The zero-order valence-corrected chi connectivity index (χ0v) is 25.4. The topological polar surface area (TPSA) is 86.8 Å². The van der Waals surface area contributed by atoms with Gasteiger partial charge in [0.25, 0.3) is 5.91 Å². The van der Waals surface area contributed by atoms with Crippen molar-refractivity contribution in [3.63, 3.8) is 0 Å². The lowest BCUT2D eigenvalue weighted by Gasteiger charge is -2.39. The van der Waals surface area contributed by atoms with Gasteiger partial charge in [-0.15, -0.1) is 0 Å². The van der Waals surface area contributed by atoms with E-state index in [0.29, 0.717) is 54.5 Å². The van der Waals surface area contributed by atoms with Gasteiger partial charge in [0.2, 0.25) is 5.75 Å². The van der Waals surface area contributed by atoms with Gasteiger partial charge in [0.1, 0.15) is 11.4 Å². The third-order valence-corrected chi connectivity index (χ3v) is 7.16. The first-order chi connectivity index (χ1) is 20.1. The number of rotatable bonds is 8. The van der Waals surface area contributed by atoms with Crippen LogP contribution in [0.1, 0.15) is 44.0 Å². The summed E-state index contributed by atoms with van der Waals surface area (Å²) in [5.74, 6) is 2.13. The summed E-state index contributed by atoms with van der Waals surface area (Å²) in [5.41, 5.74) is 2.37. The zero-order valence-electron chi connectivity index (χ0n) is 25.4. The molecule has 2 amide bonds. The van der Waals surface area contributed by atoms with Gasteiger partial charge >= 0.3 is 6.09 Å². The molecule has 224 valence electrons. The molecule has 1 aliphatic heterocycles. The van der Waals surface area contributed by atoms with E-state index in [0.717, 1.165) is 16.8 Å². The summed E-state index contributed by atoms with van der Waals surface area (Å²) in [5, 5.41) is 0. The maximum absolute atomic E-state index is 14.3. The molecule has 0 spiro atoms. The molecule has 3 aromatic carbocycles. The largest absolute Gasteiger partial charge is 0.497 e. The molecule has 0 saturated carbocycles. The predicted molar refractivity (Wildman–Crippen MR) is 162 cm³/mol. The molecule has 1 saturated heterocycles. The molecule has 4 rings (SSSR count). The highest BCUT2D eigenvalue weighted by Gasteiger charge is 2.33. The fraction of sp³-hybridized carbons (Fsp3) is 0.394. The van der Waals surface area contributed by atoms with Crippen LogP contribution in [0.5, 0.6) is 23.0 Å². The third kappa shape index (κ3) is 6.90. The summed E-state index contributed by atoms with van der Waals surface area (Å²) in [6, 6.07) is 18.6. The fourth-order valence-corrected chi connectivity index (χ4v) is 5.09. The van der Waals surface area contributed by atoms with Gasteiger partial charge in [-0.05, 0) is 93.3 Å². The van der Waals surface area contributed by atoms with E-state index in [1.807, 2.05) is 86.3 Å². The molecule has 0 atom stereocenters. The van der Waals surface area contributed by atoms with E-state index < -0.39 is 5.60 Å². The van der Waals surface area contributed by atoms with E-state index in [9.17, 15) is 9.59 Å². The van der Waals surface area contributed by atoms with Crippen LogP contribution in [0.3, 0.4) is 0 Å². The molecule has 3 aromatic rings. The van der Waals surface area contributed by atoms with Gasteiger partial charge < -0.3 is 33.5 Å². The van der Waals surface area contributed by atoms with E-state index in [1.54, 1.807) is 33.3 Å². The third-order valence-electron chi connectivity index (χ3n) is 7.16. The molecule has 9 heteroatoms. The first-order valence-corrected chi connectivity index (χ1v) is 13.9. The van der Waals surface area contributed by atoms with Crippen LogP contribution in [0.2, 0.25) is 0 Å². The van der Waals surface area contributed by atoms with Crippen molar-refractivity contribution in [2.45, 2.75) is 45.3 Å². The highest BCUT2D eigenvalue weighted by Crippen LogP contribution is 2.41. The molecular weight excluding hydrogens is 536 g/mol. The first-order valence-electron chi connectivity index (χ1n) is 13.9. The van der Waals surface area contributed by atoms with E-state index in [2.05, 4.69) is 0 Å². The standard InChI is InChI=1S/C33H40N2O7/c1-33(2,3)42-32(37)34-17-15-26(16-18-34)35(25-11-13-27(38-4)14-12-25)31(36)23-10-8-9-22(19-23)24-20-28(39-5)30(41-7)29(21-24)40-6/h8-14,19-21,26H,15-18H2,1-7H3. The molecule has 9 nitrogen and oxygen atoms in total. The number of piperidine rings is 1. The quantitative estimate of drug-likeness (QED) is 0.305. The van der Waals surface area contributed by atoms with E-state index in [1.165, 1.54) is 0 Å². The number of hydrogen-bond donors (Lipinski definition) is 0. The normalized spacial score (nSPS) is 13.7. The summed E-state index contributed by atoms with van der Waals surface area (Å²) < 4.78 is 27.5. The second-order valence-corrected chi connectivity index (χ2v) is 11.1. The molecule has 1 fully saturated rings. The van der Waals surface area contributed by atoms with Gasteiger partial charge in [-0.3, -0.25) is 4.79 Å². The molecule has 1 heterocycles. The molecule has 1 aliphatic rings. The van der Waals surface area contributed by atoms with Crippen molar-refractivity contribution in [3.05, 3.63) is 66.2 Å². The van der Waals surface area contributed by atoms with Crippen LogP contribution in [-0.4, -0.2) is 70.1 Å². The molecule has 0 radical (unpaired) electrons. The average Bonchev–Trinajstić information content (AvgIpc) is 3.00. The smallest absolute Gasteiger partial charge is 0.410 e. The number of hydrogen-bond acceptors (Lipinski definition) is 7. The Morgan fingerprint density at radius 2 is 1.40 bits per heavy atom. The molecule has 0 aliphatic carbocycles. The van der Waals surface area contributed by atoms with Crippen LogP contribution < -0.4 is 23.8 Å². The Balaban J connectivity index is 1.65. The number of ether oxygens (including phenoxy) is 5. The van der Waals surface area contributed by atoms with Crippen molar-refractivity contribution in [2.75, 3.05) is 46.4 Å². The lowest BCUT2D eigenvalue weighted by Crippen LogP contribution is -2.50. The van der Waals surface area contributed by atoms with Gasteiger partial charge in [0, 0.05) is 30.4 Å². The van der Waals surface area contributed by atoms with Crippen molar-refractivity contribution < 1.29 is 33.3 Å². The number of nitrogens with zero attached hydrogens (tertiary/aromatic N) is 2. The lowest BCUT2D eigenvalue weighted by molar-refractivity contribution is 0.0205. The second kappa shape index (κ2) is 13.1. The Morgan fingerprint density at radius 3 is 1.93 bits per heavy atom. The van der Waals surface area contributed by atoms with E-state index in [-0.39, 0.29) is 18.0 Å². The van der Waals surface area contributed by atoms with Crippen molar-refractivity contribution >= 4 is 17.7 Å². The summed E-state index contributed by atoms with van der Waals surface area (Å²) in [7, 11) is 6.31. The lowest BCUT2D eigenvalue weighted by atomic mass is 9.98. The van der Waals surface area contributed by atoms with Crippen molar-refractivity contribution in [1.29, 1.82) is 0 Å². The Bertz CT molecular complexity index is 1370. The SMILES string of the molecule is COc1ccc(N(C(=O)c2cccc(-c3cc(OC)c(OC)c(OC)c3)c2)C2CCN(C(=O)OC(C)(C)C)CC2)cc1. The fourth-order valence-electron chi connectivity index (χ4n) is 5.09. The minimum Gasteiger partial charge on any atom is -0.497 e. The summed E-state index contributed by atoms with van der Waals surface area (Å²) >= 11 is 0. The summed E-state index contributed by atoms with van der Waals surface area (Å²) in [4.78, 5) is 30.5. The molecular formula is C33H40N2O7. The molecule has 0 unspecified atom stereocenters. The first kappa shape index (κ1) is 30.6. The van der Waals surface area contributed by atoms with Gasteiger partial charge in [0.15, 0.2) is 11.5 Å². The Morgan fingerprint density at radius 1 is 0.786 bits per heavy atom. The highest BCUT2D eigenvalue weighted by molar-refractivity contribution is 6.07. The average molecular weight is 577 g/mol. The van der Waals surface area contributed by atoms with Crippen molar-refractivity contribution in [2.24, 2.45) is 0 Å². The number of benzene rings is 3. The second-order valence-electron chi connectivity index (χ2n) is 11.1. The summed E-state index contributed by atoms with van der Waals surface area (Å²) in [6.45, 7) is 6.55. The minimum atomic E-state index is -0.567. The van der Waals surface area contributed by atoms with Crippen LogP contribution in [0.25, 0.3) is 11.1 Å². The van der Waals surface area contributed by atoms with E-state index >= 15 is 0 Å². The number of amides is 2. The Kier molecular flexibility index (Phi) is 9.50. The predicted octanol–water partition coefficient (Wildman–Crippen LogP) is 6.43. The maximum Gasteiger partial charge on any atom is 0.410 e. The highest BCUT2D eigenvalue weighted by atomic mass is 16.6. The number of methoxy groups -OCH3 is 4. The monoisotopic (exact) mass is 576 g/mol. The van der Waals surface area contributed by atoms with Crippen molar-refractivity contribution in [1.82, 2.24) is 4.90 Å². The number of carbonyl (C=O) groups excluding carboxylic acids is 2. The van der Waals surface area contributed by atoms with Crippen LogP contribution in [0.4, 0.5) is 10.5 Å². The summed E-state index contributed by atoms with van der Waals surface area (Å²) in [6.07, 6.45) is 0.897. The number of carbonyl (C=O) groups is 2. The Labute approximate surface area is 247 Å². The van der Waals surface area contributed by atoms with Gasteiger partial charge in [0.05, 0.1) is 28.4 Å². The van der Waals surface area contributed by atoms with Gasteiger partial charge in [-0.2, -0.15) is 0 Å². The molecule has 0 bridgehead atoms. The van der Waals surface area contributed by atoms with Crippen LogP contribution in [-0.2, 0) is 4.74 Å². The van der Waals surface area contributed by atoms with Crippen LogP contribution in [0.15, 0.2) is 60.7 Å². The van der Waals surface area contributed by atoms with E-state index in [4.69, 9.17) is 23.7 Å². The maximum atomic E-state index is 14.3. The van der Waals surface area contributed by atoms with Crippen molar-refractivity contribution in [3.8, 4) is 34.1 Å². The number of anilines is 1. The molecule has 42 heavy (non-hydrogen) atoms. The Hall–Kier alpha value is -4.40.